The highest BCUT2D eigenvalue weighted by atomic mass is 16.3. The lowest BCUT2D eigenvalue weighted by Gasteiger charge is -2.15. The van der Waals surface area contributed by atoms with Gasteiger partial charge in [-0.05, 0) is 46.5 Å². The average Bonchev–Trinajstić information content (AvgIpc) is 3.86. The molecule has 0 unspecified atom stereocenters. The molecule has 262 valence electrons. The van der Waals surface area contributed by atoms with Gasteiger partial charge in [0.25, 0.3) is 0 Å². The first kappa shape index (κ1) is 31.9. The van der Waals surface area contributed by atoms with Crippen molar-refractivity contribution in [3.05, 3.63) is 194 Å². The normalized spacial score (nSPS) is 11.6. The fourth-order valence-corrected chi connectivity index (χ4v) is 8.00. The van der Waals surface area contributed by atoms with E-state index in [2.05, 4.69) is 146 Å². The molecule has 0 aliphatic rings. The van der Waals surface area contributed by atoms with E-state index in [-0.39, 0.29) is 0 Å². The van der Waals surface area contributed by atoms with E-state index >= 15 is 0 Å². The van der Waals surface area contributed by atoms with Crippen LogP contribution in [0, 0.1) is 0 Å². The van der Waals surface area contributed by atoms with E-state index in [1.807, 2.05) is 48.5 Å². The molecule has 0 atom stereocenters. The van der Waals surface area contributed by atoms with Crippen molar-refractivity contribution >= 4 is 43.9 Å². The first-order valence-electron chi connectivity index (χ1n) is 18.8. The van der Waals surface area contributed by atoms with E-state index in [0.29, 0.717) is 5.82 Å². The van der Waals surface area contributed by atoms with Gasteiger partial charge in [-0.2, -0.15) is 0 Å². The van der Waals surface area contributed by atoms with Crippen molar-refractivity contribution in [2.45, 2.75) is 0 Å². The summed E-state index contributed by atoms with van der Waals surface area (Å²) in [6, 6.07) is 67.2. The Morgan fingerprint density at radius 2 is 0.750 bits per heavy atom. The minimum atomic E-state index is 0.669. The Kier molecular flexibility index (Phi) is 7.46. The summed E-state index contributed by atoms with van der Waals surface area (Å²) in [4.78, 5) is 10.4. The molecule has 0 saturated carbocycles. The molecule has 4 nitrogen and oxygen atoms in total. The minimum absolute atomic E-state index is 0.669. The van der Waals surface area contributed by atoms with Crippen molar-refractivity contribution in [2.75, 3.05) is 0 Å². The van der Waals surface area contributed by atoms with Gasteiger partial charge >= 0.3 is 0 Å². The van der Waals surface area contributed by atoms with Gasteiger partial charge in [0.1, 0.15) is 22.3 Å². The van der Waals surface area contributed by atoms with Gasteiger partial charge in [-0.25, -0.2) is 9.97 Å². The number of para-hydroxylation sites is 4. The Morgan fingerprint density at radius 3 is 1.38 bits per heavy atom. The summed E-state index contributed by atoms with van der Waals surface area (Å²) in [5.74, 6) is 0.669. The smallest absolute Gasteiger partial charge is 0.160 e. The third-order valence-corrected chi connectivity index (χ3v) is 10.8. The monoisotopic (exact) mass is 716 g/mol. The average molecular weight is 717 g/mol. The van der Waals surface area contributed by atoms with E-state index in [1.165, 1.54) is 5.56 Å². The summed E-state index contributed by atoms with van der Waals surface area (Å²) in [5, 5.41) is 4.35. The number of aromatic nitrogens is 2. The maximum atomic E-state index is 6.66. The van der Waals surface area contributed by atoms with Gasteiger partial charge in [0.15, 0.2) is 5.82 Å². The maximum absolute atomic E-state index is 6.66. The predicted molar refractivity (Wildman–Crippen MR) is 229 cm³/mol. The van der Waals surface area contributed by atoms with E-state index in [9.17, 15) is 0 Å². The summed E-state index contributed by atoms with van der Waals surface area (Å²) in [6.45, 7) is 0. The largest absolute Gasteiger partial charge is 0.455 e. The Balaban J connectivity index is 1.14. The van der Waals surface area contributed by atoms with Crippen LogP contribution in [0.2, 0.25) is 0 Å². The highest BCUT2D eigenvalue weighted by molar-refractivity contribution is 6.13. The van der Waals surface area contributed by atoms with Gasteiger partial charge in [-0.1, -0.05) is 170 Å². The van der Waals surface area contributed by atoms with E-state index in [1.54, 1.807) is 0 Å². The first-order chi connectivity index (χ1) is 27.7. The topological polar surface area (TPSA) is 52.1 Å². The third kappa shape index (κ3) is 5.39. The quantitative estimate of drug-likeness (QED) is 0.172. The van der Waals surface area contributed by atoms with Gasteiger partial charge in [-0.3, -0.25) is 0 Å². The Morgan fingerprint density at radius 1 is 0.286 bits per heavy atom. The molecular formula is C52H32N2O2. The summed E-state index contributed by atoms with van der Waals surface area (Å²) in [7, 11) is 0. The van der Waals surface area contributed by atoms with Crippen molar-refractivity contribution in [1.29, 1.82) is 0 Å². The van der Waals surface area contributed by atoms with Crippen molar-refractivity contribution in [2.24, 2.45) is 0 Å². The maximum Gasteiger partial charge on any atom is 0.160 e. The fraction of sp³-hybridized carbons (Fsp3) is 0. The predicted octanol–water partition coefficient (Wildman–Crippen LogP) is 14.3. The molecular weight excluding hydrogens is 685 g/mol. The summed E-state index contributed by atoms with van der Waals surface area (Å²) in [6.07, 6.45) is 0. The molecule has 0 spiro atoms. The summed E-state index contributed by atoms with van der Waals surface area (Å²) < 4.78 is 13.3. The van der Waals surface area contributed by atoms with Gasteiger partial charge in [0, 0.05) is 49.4 Å². The number of furan rings is 2. The van der Waals surface area contributed by atoms with E-state index < -0.39 is 0 Å². The molecule has 0 N–H and O–H groups in total. The number of fused-ring (bicyclic) bond motifs is 6. The molecule has 11 aromatic rings. The molecule has 0 bridgehead atoms. The number of rotatable bonds is 6. The third-order valence-electron chi connectivity index (χ3n) is 10.8. The number of nitrogens with zero attached hydrogens (tertiary/aromatic N) is 2. The first-order valence-corrected chi connectivity index (χ1v) is 18.8. The van der Waals surface area contributed by atoms with Crippen molar-refractivity contribution in [3.8, 4) is 67.3 Å². The van der Waals surface area contributed by atoms with Crippen molar-refractivity contribution in [3.63, 3.8) is 0 Å². The van der Waals surface area contributed by atoms with Crippen LogP contribution in [0.25, 0.3) is 111 Å². The Hall–Kier alpha value is -7.56. The standard InChI is InChI=1S/C52H32N2O2/c1-3-13-33(14-4-1)34-25-27-35(28-26-34)46-32-47(54-52(53-46)36-15-5-2-6-16-36)37-29-30-38(41-19-11-20-42-39-17-7-9-23-48(39)55-50(41)42)45(31-37)44-22-12-21-43-40-18-8-10-24-49(40)56-51(43)44/h1-32H. The molecule has 56 heavy (non-hydrogen) atoms. The highest BCUT2D eigenvalue weighted by Gasteiger charge is 2.21. The molecule has 4 heteroatoms. The van der Waals surface area contributed by atoms with Crippen LogP contribution in [0.3, 0.4) is 0 Å². The second-order valence-electron chi connectivity index (χ2n) is 14.1. The molecule has 11 rings (SSSR count). The zero-order valence-electron chi connectivity index (χ0n) is 30.2. The van der Waals surface area contributed by atoms with Crippen LogP contribution in [0.1, 0.15) is 0 Å². The lowest BCUT2D eigenvalue weighted by molar-refractivity contribution is 0.669. The molecule has 0 fully saturated rings. The zero-order valence-corrected chi connectivity index (χ0v) is 30.2. The number of hydrogen-bond acceptors (Lipinski definition) is 4. The summed E-state index contributed by atoms with van der Waals surface area (Å²) >= 11 is 0. The molecule has 0 amide bonds. The van der Waals surface area contributed by atoms with Crippen LogP contribution < -0.4 is 0 Å². The molecule has 3 heterocycles. The van der Waals surface area contributed by atoms with Gasteiger partial charge in [0.05, 0.1) is 11.4 Å². The molecule has 0 aliphatic carbocycles. The minimum Gasteiger partial charge on any atom is -0.455 e. The van der Waals surface area contributed by atoms with Gasteiger partial charge in [-0.15, -0.1) is 0 Å². The lowest BCUT2D eigenvalue weighted by Crippen LogP contribution is -1.97. The van der Waals surface area contributed by atoms with Crippen LogP contribution in [-0.4, -0.2) is 9.97 Å². The number of hydrogen-bond donors (Lipinski definition) is 0. The molecule has 0 radical (unpaired) electrons. The zero-order chi connectivity index (χ0) is 37.0. The second-order valence-corrected chi connectivity index (χ2v) is 14.1. The van der Waals surface area contributed by atoms with Crippen LogP contribution in [0.4, 0.5) is 0 Å². The molecule has 3 aromatic heterocycles. The lowest BCUT2D eigenvalue weighted by atomic mass is 9.90. The molecule has 8 aromatic carbocycles. The van der Waals surface area contributed by atoms with Gasteiger partial charge < -0.3 is 8.83 Å². The van der Waals surface area contributed by atoms with E-state index in [4.69, 9.17) is 18.8 Å². The van der Waals surface area contributed by atoms with Crippen LogP contribution in [-0.2, 0) is 0 Å². The fourth-order valence-electron chi connectivity index (χ4n) is 8.00. The van der Waals surface area contributed by atoms with Crippen molar-refractivity contribution in [1.82, 2.24) is 9.97 Å². The SMILES string of the molecule is c1ccc(-c2ccc(-c3cc(-c4ccc(-c5cccc6c5oc5ccccc56)c(-c5cccc6c5oc5ccccc56)c4)nc(-c4ccccc4)n3)cc2)cc1. The van der Waals surface area contributed by atoms with Crippen LogP contribution in [0.5, 0.6) is 0 Å². The number of benzene rings is 8. The van der Waals surface area contributed by atoms with Crippen molar-refractivity contribution < 1.29 is 8.83 Å². The highest BCUT2D eigenvalue weighted by Crippen LogP contribution is 2.44. The van der Waals surface area contributed by atoms with E-state index in [0.717, 1.165) is 99.8 Å². The second kappa shape index (κ2) is 13.1. The summed E-state index contributed by atoms with van der Waals surface area (Å²) in [5.41, 5.74) is 14.5. The van der Waals surface area contributed by atoms with Gasteiger partial charge in [0.2, 0.25) is 0 Å². The van der Waals surface area contributed by atoms with Crippen LogP contribution in [0.15, 0.2) is 203 Å². The Labute approximate surface area is 323 Å². The Bertz CT molecular complexity index is 3230. The molecule has 0 aliphatic heterocycles. The molecule has 0 saturated heterocycles. The van der Waals surface area contributed by atoms with Crippen LogP contribution >= 0.6 is 0 Å².